The van der Waals surface area contributed by atoms with E-state index in [0.29, 0.717) is 6.61 Å². The molecule has 0 unspecified atom stereocenters. The number of benzene rings is 2. The van der Waals surface area contributed by atoms with Crippen molar-refractivity contribution in [2.45, 2.75) is 52.6 Å². The molecular weight excluding hydrogens is 522 g/mol. The number of fused-ring (bicyclic) bond motifs is 2. The van der Waals surface area contributed by atoms with E-state index < -0.39 is 5.97 Å². The predicted octanol–water partition coefficient (Wildman–Crippen LogP) is 6.18. The van der Waals surface area contributed by atoms with Crippen molar-refractivity contribution in [2.75, 3.05) is 31.1 Å². The van der Waals surface area contributed by atoms with Gasteiger partial charge in [0.25, 0.3) is 5.91 Å². The molecule has 1 aromatic heterocycles. The van der Waals surface area contributed by atoms with E-state index in [2.05, 4.69) is 29.3 Å². The highest BCUT2D eigenvalue weighted by Gasteiger charge is 2.46. The number of nitrogens with zero attached hydrogens (tertiary/aromatic N) is 3. The Labute approximate surface area is 239 Å². The number of hydrogen-bond acceptors (Lipinski definition) is 6. The Morgan fingerprint density at radius 2 is 1.77 bits per heavy atom. The smallest absolute Gasteiger partial charge is 0.307 e. The average molecular weight is 560 g/mol. The Morgan fingerprint density at radius 3 is 2.48 bits per heavy atom. The number of piperidine rings is 2. The monoisotopic (exact) mass is 559 g/mol. The van der Waals surface area contributed by atoms with Crippen LogP contribution < -0.4 is 9.64 Å². The van der Waals surface area contributed by atoms with E-state index in [1.54, 1.807) is 11.3 Å². The third kappa shape index (κ3) is 5.33. The van der Waals surface area contributed by atoms with Gasteiger partial charge in [-0.3, -0.25) is 9.59 Å². The fourth-order valence-corrected chi connectivity index (χ4v) is 7.61. The number of carbonyl (C=O) groups is 2. The standard InChI is InChI=1S/C32H37N3O4S/c1-20-6-11-28(39-18-22-7-10-25(21(2)15-22)30(36)34-12-4-3-5-13-34)26(14-20)27-19-40-32(33-27)35-16-23-8-9-24(17-35)29(23)31(37)38/h6-7,10-11,14-15,19,23-24,29H,3-5,8-9,12-13,16-18H2,1-2H3,(H,37,38)/t23-,24+,29+. The number of likely N-dealkylation sites (tertiary alicyclic amines) is 1. The Kier molecular flexibility index (Phi) is 7.53. The number of carboxylic acid groups (broad SMARTS) is 1. The SMILES string of the molecule is Cc1ccc(OCc2ccc(C(=O)N3CCCCC3)c(C)c2)c(-c2csc(N3C[C@H]4CC[C@@H](C3)[C@H]4C(=O)O)n2)c1. The van der Waals surface area contributed by atoms with Gasteiger partial charge in [-0.2, -0.15) is 0 Å². The molecule has 7 nitrogen and oxygen atoms in total. The lowest BCUT2D eigenvalue weighted by molar-refractivity contribution is -0.144. The Bertz CT molecular complexity index is 1400. The molecule has 40 heavy (non-hydrogen) atoms. The van der Waals surface area contributed by atoms with Gasteiger partial charge in [-0.15, -0.1) is 11.3 Å². The highest BCUT2D eigenvalue weighted by Crippen LogP contribution is 2.44. The Hall–Kier alpha value is -3.39. The minimum absolute atomic E-state index is 0.130. The molecule has 3 fully saturated rings. The summed E-state index contributed by atoms with van der Waals surface area (Å²) in [4.78, 5) is 34.0. The molecule has 2 saturated heterocycles. The lowest BCUT2D eigenvalue weighted by atomic mass is 9.85. The molecule has 3 heterocycles. The molecule has 0 radical (unpaired) electrons. The third-order valence-corrected chi connectivity index (χ3v) is 9.75. The molecule has 2 bridgehead atoms. The number of aliphatic carboxylic acids is 1. The van der Waals surface area contributed by atoms with Crippen LogP contribution >= 0.6 is 11.3 Å². The van der Waals surface area contributed by atoms with Crippen LogP contribution in [0.1, 0.15) is 59.2 Å². The summed E-state index contributed by atoms with van der Waals surface area (Å²) in [6.45, 7) is 7.67. The summed E-state index contributed by atoms with van der Waals surface area (Å²) in [6, 6.07) is 12.2. The number of hydrogen-bond donors (Lipinski definition) is 1. The number of rotatable bonds is 7. The number of carboxylic acids is 1. The van der Waals surface area contributed by atoms with E-state index in [1.165, 1.54) is 6.42 Å². The van der Waals surface area contributed by atoms with Crippen LogP contribution in [0.2, 0.25) is 0 Å². The quantitative estimate of drug-likeness (QED) is 0.372. The van der Waals surface area contributed by atoms with Crippen molar-refractivity contribution in [3.05, 3.63) is 64.0 Å². The fourth-order valence-electron chi connectivity index (χ4n) is 6.77. The summed E-state index contributed by atoms with van der Waals surface area (Å²) in [5.41, 5.74) is 5.75. The van der Waals surface area contributed by atoms with Gasteiger partial charge in [0.2, 0.25) is 0 Å². The number of anilines is 1. The van der Waals surface area contributed by atoms with Crippen molar-refractivity contribution in [3.8, 4) is 17.0 Å². The van der Waals surface area contributed by atoms with E-state index >= 15 is 0 Å². The van der Waals surface area contributed by atoms with Crippen molar-refractivity contribution in [3.63, 3.8) is 0 Å². The molecule has 1 N–H and O–H groups in total. The van der Waals surface area contributed by atoms with Crippen LogP contribution in [0.4, 0.5) is 5.13 Å². The van der Waals surface area contributed by atoms with Gasteiger partial charge in [-0.1, -0.05) is 23.8 Å². The topological polar surface area (TPSA) is 83.0 Å². The fraction of sp³-hybridized carbons (Fsp3) is 0.469. The zero-order valence-electron chi connectivity index (χ0n) is 23.3. The molecule has 1 aliphatic carbocycles. The number of thiazole rings is 1. The van der Waals surface area contributed by atoms with Crippen LogP contribution in [0.25, 0.3) is 11.3 Å². The van der Waals surface area contributed by atoms with Gasteiger partial charge in [-0.25, -0.2) is 4.98 Å². The first-order valence-corrected chi connectivity index (χ1v) is 15.3. The minimum atomic E-state index is -0.646. The van der Waals surface area contributed by atoms with Gasteiger partial charge < -0.3 is 19.6 Å². The van der Waals surface area contributed by atoms with Crippen LogP contribution in [0.5, 0.6) is 5.75 Å². The first-order chi connectivity index (χ1) is 19.4. The first-order valence-electron chi connectivity index (χ1n) is 14.4. The second kappa shape index (κ2) is 11.2. The lowest BCUT2D eigenvalue weighted by Crippen LogP contribution is -2.44. The molecule has 210 valence electrons. The summed E-state index contributed by atoms with van der Waals surface area (Å²) >= 11 is 1.62. The third-order valence-electron chi connectivity index (χ3n) is 8.85. The summed E-state index contributed by atoms with van der Waals surface area (Å²) in [5, 5.41) is 12.7. The summed E-state index contributed by atoms with van der Waals surface area (Å²) < 4.78 is 6.33. The van der Waals surface area contributed by atoms with Crippen LogP contribution in [0, 0.1) is 31.6 Å². The van der Waals surface area contributed by atoms with Crippen LogP contribution in [0.3, 0.4) is 0 Å². The molecule has 2 aromatic carbocycles. The van der Waals surface area contributed by atoms with Crippen molar-refractivity contribution in [1.29, 1.82) is 0 Å². The maximum atomic E-state index is 13.0. The van der Waals surface area contributed by atoms with Gasteiger partial charge in [0.15, 0.2) is 5.13 Å². The molecule has 1 amide bonds. The zero-order valence-corrected chi connectivity index (χ0v) is 24.1. The summed E-state index contributed by atoms with van der Waals surface area (Å²) in [6.07, 6.45) is 5.34. The highest BCUT2D eigenvalue weighted by atomic mass is 32.1. The predicted molar refractivity (Wildman–Crippen MR) is 157 cm³/mol. The normalized spacial score (nSPS) is 22.4. The van der Waals surface area contributed by atoms with E-state index in [-0.39, 0.29) is 23.7 Å². The van der Waals surface area contributed by atoms with Gasteiger partial charge >= 0.3 is 5.97 Å². The van der Waals surface area contributed by atoms with Crippen molar-refractivity contribution in [1.82, 2.24) is 9.88 Å². The van der Waals surface area contributed by atoms with E-state index in [0.717, 1.165) is 96.3 Å². The molecule has 3 aliphatic rings. The number of carbonyl (C=O) groups excluding carboxylic acids is 1. The summed E-state index contributed by atoms with van der Waals surface area (Å²) in [5.74, 6) is 0.446. The average Bonchev–Trinajstić information content (AvgIpc) is 3.55. The molecule has 2 aliphatic heterocycles. The maximum absolute atomic E-state index is 13.0. The zero-order chi connectivity index (χ0) is 27.8. The van der Waals surface area contributed by atoms with Crippen LogP contribution in [0.15, 0.2) is 41.8 Å². The van der Waals surface area contributed by atoms with Gasteiger partial charge in [0.05, 0.1) is 11.6 Å². The van der Waals surface area contributed by atoms with Crippen LogP contribution in [-0.2, 0) is 11.4 Å². The Balaban J connectivity index is 1.16. The minimum Gasteiger partial charge on any atom is -0.488 e. The highest BCUT2D eigenvalue weighted by molar-refractivity contribution is 7.14. The van der Waals surface area contributed by atoms with Crippen molar-refractivity contribution < 1.29 is 19.4 Å². The maximum Gasteiger partial charge on any atom is 0.307 e. The number of ether oxygens (including phenoxy) is 1. The second-order valence-electron chi connectivity index (χ2n) is 11.7. The molecular formula is C32H37N3O4S. The second-order valence-corrected chi connectivity index (χ2v) is 12.5. The van der Waals surface area contributed by atoms with Crippen molar-refractivity contribution >= 4 is 28.3 Å². The van der Waals surface area contributed by atoms with Gasteiger partial charge in [-0.05, 0) is 87.1 Å². The molecule has 6 rings (SSSR count). The molecule has 3 aromatic rings. The van der Waals surface area contributed by atoms with Gasteiger partial charge in [0, 0.05) is 42.7 Å². The van der Waals surface area contributed by atoms with Crippen molar-refractivity contribution in [2.24, 2.45) is 17.8 Å². The van der Waals surface area contributed by atoms with E-state index in [4.69, 9.17) is 9.72 Å². The summed E-state index contributed by atoms with van der Waals surface area (Å²) in [7, 11) is 0. The lowest BCUT2D eigenvalue weighted by Gasteiger charge is -2.35. The van der Waals surface area contributed by atoms with E-state index in [9.17, 15) is 14.7 Å². The largest absolute Gasteiger partial charge is 0.488 e. The first kappa shape index (κ1) is 26.8. The molecule has 3 atom stereocenters. The molecule has 0 spiro atoms. The number of aryl methyl sites for hydroxylation is 2. The molecule has 8 heteroatoms. The van der Waals surface area contributed by atoms with Crippen LogP contribution in [-0.4, -0.2) is 53.0 Å². The van der Waals surface area contributed by atoms with Gasteiger partial charge in [0.1, 0.15) is 12.4 Å². The Morgan fingerprint density at radius 1 is 1.02 bits per heavy atom. The van der Waals surface area contributed by atoms with E-state index in [1.807, 2.05) is 36.1 Å². The molecule has 1 saturated carbocycles. The number of aromatic nitrogens is 1. The number of amides is 1.